The zero-order valence-corrected chi connectivity index (χ0v) is 19.8. The van der Waals surface area contributed by atoms with Crippen LogP contribution in [0, 0.1) is 11.8 Å². The molecule has 3 amide bonds. The van der Waals surface area contributed by atoms with Gasteiger partial charge in [0, 0.05) is 6.42 Å². The summed E-state index contributed by atoms with van der Waals surface area (Å²) in [7, 11) is 0. The van der Waals surface area contributed by atoms with Gasteiger partial charge in [0.05, 0.1) is 6.04 Å². The smallest absolute Gasteiger partial charge is 0.326 e. The molecule has 0 fully saturated rings. The monoisotopic (exact) mass is 464 g/mol. The summed E-state index contributed by atoms with van der Waals surface area (Å²) in [5.41, 5.74) is 6.31. The predicted octanol–water partition coefficient (Wildman–Crippen LogP) is 0.523. The van der Waals surface area contributed by atoms with Gasteiger partial charge in [-0.2, -0.15) is 0 Å². The molecule has 0 saturated heterocycles. The summed E-state index contributed by atoms with van der Waals surface area (Å²) in [6, 6.07) is 2.17. The number of rotatable bonds is 12. The van der Waals surface area contributed by atoms with E-state index in [1.807, 2.05) is 6.92 Å². The minimum atomic E-state index is -1.16. The molecule has 33 heavy (non-hydrogen) atoms. The Balaban J connectivity index is 3.12. The molecule has 184 valence electrons. The van der Waals surface area contributed by atoms with Crippen LogP contribution in [0.1, 0.15) is 46.6 Å². The Hall–Kier alpha value is -3.14. The summed E-state index contributed by atoms with van der Waals surface area (Å²) in [4.78, 5) is 49.8. The molecular weight excluding hydrogens is 428 g/mol. The molecular formula is C23H36N4O6. The topological polar surface area (TPSA) is 171 Å². The number of amides is 3. The number of benzene rings is 1. The molecule has 0 aromatic heterocycles. The molecule has 0 bridgehead atoms. The van der Waals surface area contributed by atoms with E-state index in [-0.39, 0.29) is 24.0 Å². The molecule has 7 N–H and O–H groups in total. The number of phenolic OH excluding ortho intramolecular Hbond substituents is 1. The van der Waals surface area contributed by atoms with Gasteiger partial charge in [-0.05, 0) is 36.5 Å². The summed E-state index contributed by atoms with van der Waals surface area (Å²) in [6.07, 6.45) is 0.649. The number of carbonyl (C=O) groups excluding carboxylic acids is 3. The Bertz CT molecular complexity index is 825. The van der Waals surface area contributed by atoms with Crippen LogP contribution in [0.2, 0.25) is 0 Å². The summed E-state index contributed by atoms with van der Waals surface area (Å²) in [5, 5.41) is 26.7. The molecule has 0 heterocycles. The maximum Gasteiger partial charge on any atom is 0.326 e. The number of hydrogen-bond acceptors (Lipinski definition) is 6. The number of hydrogen-bond donors (Lipinski definition) is 6. The Morgan fingerprint density at radius 2 is 1.42 bits per heavy atom. The summed E-state index contributed by atoms with van der Waals surface area (Å²) < 4.78 is 0. The molecule has 0 aliphatic heterocycles. The second kappa shape index (κ2) is 12.8. The van der Waals surface area contributed by atoms with Crippen molar-refractivity contribution in [3.63, 3.8) is 0 Å². The number of aromatic hydroxyl groups is 1. The van der Waals surface area contributed by atoms with Gasteiger partial charge in [-0.1, -0.05) is 46.2 Å². The summed E-state index contributed by atoms with van der Waals surface area (Å²) >= 11 is 0. The molecule has 1 aromatic carbocycles. The van der Waals surface area contributed by atoms with Crippen molar-refractivity contribution in [3.05, 3.63) is 29.8 Å². The SMILES string of the molecule is CCC(C)C(NC(=O)C(Cc1ccc(O)cc1)NC(=O)C(C)N)C(=O)NC(C(=O)O)C(C)C. The summed E-state index contributed by atoms with van der Waals surface area (Å²) in [6.45, 7) is 8.45. The van der Waals surface area contributed by atoms with Crippen LogP contribution in [0.5, 0.6) is 5.75 Å². The Morgan fingerprint density at radius 1 is 0.879 bits per heavy atom. The van der Waals surface area contributed by atoms with Crippen LogP contribution in [-0.2, 0) is 25.6 Å². The van der Waals surface area contributed by atoms with Gasteiger partial charge < -0.3 is 31.9 Å². The fourth-order valence-corrected chi connectivity index (χ4v) is 3.09. The molecule has 5 unspecified atom stereocenters. The third kappa shape index (κ3) is 8.72. The number of nitrogens with one attached hydrogen (secondary N) is 3. The second-order valence-corrected chi connectivity index (χ2v) is 8.66. The predicted molar refractivity (Wildman–Crippen MR) is 123 cm³/mol. The van der Waals surface area contributed by atoms with E-state index < -0.39 is 47.9 Å². The van der Waals surface area contributed by atoms with Gasteiger partial charge in [0.15, 0.2) is 0 Å². The third-order valence-corrected chi connectivity index (χ3v) is 5.45. The Kier molecular flexibility index (Phi) is 10.8. The van der Waals surface area contributed by atoms with Gasteiger partial charge >= 0.3 is 5.97 Å². The fraction of sp³-hybridized carbons (Fsp3) is 0.565. The lowest BCUT2D eigenvalue weighted by molar-refractivity contribution is -0.144. The van der Waals surface area contributed by atoms with Gasteiger partial charge in [0.25, 0.3) is 0 Å². The van der Waals surface area contributed by atoms with Crippen LogP contribution in [0.15, 0.2) is 24.3 Å². The number of aliphatic carboxylic acids is 1. The van der Waals surface area contributed by atoms with E-state index in [1.165, 1.54) is 19.1 Å². The lowest BCUT2D eigenvalue weighted by atomic mass is 9.96. The molecule has 1 aromatic rings. The van der Waals surface area contributed by atoms with Crippen molar-refractivity contribution in [2.75, 3.05) is 0 Å². The summed E-state index contributed by atoms with van der Waals surface area (Å²) in [5.74, 6) is -3.51. The van der Waals surface area contributed by atoms with E-state index in [1.54, 1.807) is 32.9 Å². The molecule has 0 saturated carbocycles. The van der Waals surface area contributed by atoms with Gasteiger partial charge in [0.2, 0.25) is 17.7 Å². The molecule has 1 rings (SSSR count). The average Bonchev–Trinajstić information content (AvgIpc) is 2.75. The largest absolute Gasteiger partial charge is 0.508 e. The zero-order chi connectivity index (χ0) is 25.3. The Morgan fingerprint density at radius 3 is 1.88 bits per heavy atom. The van der Waals surface area contributed by atoms with E-state index in [2.05, 4.69) is 16.0 Å². The third-order valence-electron chi connectivity index (χ3n) is 5.45. The highest BCUT2D eigenvalue weighted by atomic mass is 16.4. The van der Waals surface area contributed by atoms with Gasteiger partial charge in [-0.3, -0.25) is 14.4 Å². The zero-order valence-electron chi connectivity index (χ0n) is 19.8. The number of carboxylic acids is 1. The van der Waals surface area contributed by atoms with Crippen molar-refractivity contribution in [2.45, 2.75) is 71.6 Å². The lowest BCUT2D eigenvalue weighted by Crippen LogP contribution is -2.59. The highest BCUT2D eigenvalue weighted by Crippen LogP contribution is 2.14. The first-order chi connectivity index (χ1) is 15.4. The van der Waals surface area contributed by atoms with Crippen molar-refractivity contribution >= 4 is 23.7 Å². The van der Waals surface area contributed by atoms with Gasteiger partial charge in [0.1, 0.15) is 23.9 Å². The minimum absolute atomic E-state index is 0.0611. The minimum Gasteiger partial charge on any atom is -0.508 e. The van der Waals surface area contributed by atoms with E-state index in [4.69, 9.17) is 5.73 Å². The first-order valence-corrected chi connectivity index (χ1v) is 11.0. The average molecular weight is 465 g/mol. The molecule has 10 heteroatoms. The first-order valence-electron chi connectivity index (χ1n) is 11.0. The maximum absolute atomic E-state index is 13.1. The van der Waals surface area contributed by atoms with E-state index in [9.17, 15) is 29.4 Å². The first kappa shape index (κ1) is 27.9. The maximum atomic E-state index is 13.1. The number of nitrogens with two attached hydrogens (primary N) is 1. The highest BCUT2D eigenvalue weighted by molar-refractivity contribution is 5.94. The van der Waals surface area contributed by atoms with Crippen molar-refractivity contribution in [2.24, 2.45) is 17.6 Å². The normalized spacial score (nSPS) is 15.6. The quantitative estimate of drug-likeness (QED) is 0.262. The standard InChI is InChI=1S/C23H36N4O6/c1-6-13(4)19(22(31)26-18(12(2)3)23(32)33)27-21(30)17(25-20(29)14(5)24)11-15-7-9-16(28)10-8-15/h7-10,12-14,17-19,28H,6,11,24H2,1-5H3,(H,25,29)(H,26,31)(H,27,30)(H,32,33). The lowest BCUT2D eigenvalue weighted by Gasteiger charge is -2.28. The molecule has 0 aliphatic rings. The van der Waals surface area contributed by atoms with E-state index >= 15 is 0 Å². The molecule has 5 atom stereocenters. The van der Waals surface area contributed by atoms with Crippen LogP contribution in [-0.4, -0.2) is 58.1 Å². The van der Waals surface area contributed by atoms with Gasteiger partial charge in [-0.25, -0.2) is 4.79 Å². The molecule has 0 radical (unpaired) electrons. The van der Waals surface area contributed by atoms with Gasteiger partial charge in [-0.15, -0.1) is 0 Å². The molecule has 0 aliphatic carbocycles. The van der Waals surface area contributed by atoms with Crippen LogP contribution in [0.4, 0.5) is 0 Å². The van der Waals surface area contributed by atoms with Crippen LogP contribution in [0.25, 0.3) is 0 Å². The Labute approximate surface area is 194 Å². The van der Waals surface area contributed by atoms with Crippen molar-refractivity contribution < 1.29 is 29.4 Å². The highest BCUT2D eigenvalue weighted by Gasteiger charge is 2.33. The van der Waals surface area contributed by atoms with Crippen LogP contribution < -0.4 is 21.7 Å². The van der Waals surface area contributed by atoms with Crippen molar-refractivity contribution in [1.29, 1.82) is 0 Å². The van der Waals surface area contributed by atoms with Crippen molar-refractivity contribution in [3.8, 4) is 5.75 Å². The number of carbonyl (C=O) groups is 4. The fourth-order valence-electron chi connectivity index (χ4n) is 3.09. The van der Waals surface area contributed by atoms with Crippen LogP contribution in [0.3, 0.4) is 0 Å². The molecule has 0 spiro atoms. The molecule has 10 nitrogen and oxygen atoms in total. The van der Waals surface area contributed by atoms with E-state index in [0.29, 0.717) is 12.0 Å². The van der Waals surface area contributed by atoms with Crippen LogP contribution >= 0.6 is 0 Å². The number of phenols is 1. The second-order valence-electron chi connectivity index (χ2n) is 8.66. The van der Waals surface area contributed by atoms with E-state index in [0.717, 1.165) is 0 Å². The van der Waals surface area contributed by atoms with Crippen molar-refractivity contribution in [1.82, 2.24) is 16.0 Å². The number of carboxylic acid groups (broad SMARTS) is 1.